The molecule has 0 aliphatic heterocycles. The minimum atomic E-state index is -1.02. The predicted molar refractivity (Wildman–Crippen MR) is 123 cm³/mol. The number of hydrogen-bond acceptors (Lipinski definition) is 8. The zero-order valence-electron chi connectivity index (χ0n) is 19.0. The van der Waals surface area contributed by atoms with Gasteiger partial charge in [0.15, 0.2) is 0 Å². The number of carbonyl (C=O) groups is 2. The van der Waals surface area contributed by atoms with E-state index in [2.05, 4.69) is 10.3 Å². The number of non-ortho nitro benzene ring substituents is 1. The van der Waals surface area contributed by atoms with Gasteiger partial charge in [0.05, 0.1) is 10.3 Å². The van der Waals surface area contributed by atoms with E-state index in [4.69, 9.17) is 14.2 Å². The van der Waals surface area contributed by atoms with Gasteiger partial charge in [-0.1, -0.05) is 30.3 Å². The van der Waals surface area contributed by atoms with E-state index < -0.39 is 35.4 Å². The number of aromatic nitrogens is 1. The first-order chi connectivity index (χ1) is 16.1. The van der Waals surface area contributed by atoms with Crippen LogP contribution in [-0.2, 0) is 20.7 Å². The molecule has 0 saturated heterocycles. The Morgan fingerprint density at radius 2 is 1.82 bits per heavy atom. The molecule has 0 fully saturated rings. The number of nitrogens with zero attached hydrogens (tertiary/aromatic N) is 2. The summed E-state index contributed by atoms with van der Waals surface area (Å²) in [6.45, 7) is 4.66. The van der Waals surface area contributed by atoms with Crippen LogP contribution in [0.3, 0.4) is 0 Å². The van der Waals surface area contributed by atoms with Crippen molar-refractivity contribution in [2.45, 2.75) is 38.8 Å². The smallest absolute Gasteiger partial charge is 0.408 e. The van der Waals surface area contributed by atoms with Crippen LogP contribution in [-0.4, -0.2) is 40.4 Å². The third kappa shape index (κ3) is 6.64. The molecule has 34 heavy (non-hydrogen) atoms. The molecule has 0 bridgehead atoms. The van der Waals surface area contributed by atoms with Gasteiger partial charge in [-0.2, -0.15) is 0 Å². The number of alkyl carbamates (subject to hydrolysis) is 1. The first kappa shape index (κ1) is 24.4. The van der Waals surface area contributed by atoms with Gasteiger partial charge in [-0.15, -0.1) is 0 Å². The molecule has 3 aromatic rings. The van der Waals surface area contributed by atoms with E-state index in [1.165, 1.54) is 18.3 Å². The van der Waals surface area contributed by atoms with Crippen molar-refractivity contribution in [1.82, 2.24) is 10.3 Å². The molecule has 1 heterocycles. The average Bonchev–Trinajstić information content (AvgIpc) is 2.78. The maximum absolute atomic E-state index is 12.8. The number of nitro benzene ring substituents is 1. The third-order valence-corrected chi connectivity index (χ3v) is 4.58. The van der Waals surface area contributed by atoms with Crippen molar-refractivity contribution in [3.63, 3.8) is 0 Å². The summed E-state index contributed by atoms with van der Waals surface area (Å²) in [4.78, 5) is 39.9. The number of fused-ring (bicyclic) bond motifs is 1. The zero-order chi connectivity index (χ0) is 24.7. The number of nitro groups is 1. The molecule has 1 N–H and O–H groups in total. The summed E-state index contributed by atoms with van der Waals surface area (Å²) in [6, 6.07) is 13.9. The Bertz CT molecular complexity index is 1180. The minimum absolute atomic E-state index is 0.114. The van der Waals surface area contributed by atoms with Crippen LogP contribution in [0, 0.1) is 10.1 Å². The molecule has 0 aliphatic carbocycles. The molecule has 0 radical (unpaired) electrons. The second-order valence-electron chi connectivity index (χ2n) is 8.35. The second-order valence-corrected chi connectivity index (χ2v) is 8.35. The van der Waals surface area contributed by atoms with Gasteiger partial charge in [0.1, 0.15) is 22.9 Å². The SMILES string of the molecule is CC(C)(C)OC(=O)N[C@@H](Cc1ccccc1)C(=O)OCOc1ccc([N+](=O)[O-])c2cccnc12. The molecular formula is C24H25N3O7. The third-order valence-electron chi connectivity index (χ3n) is 4.58. The van der Waals surface area contributed by atoms with Crippen LogP contribution in [0.1, 0.15) is 26.3 Å². The summed E-state index contributed by atoms with van der Waals surface area (Å²) in [5.74, 6) is -0.511. The number of pyridine rings is 1. The van der Waals surface area contributed by atoms with Gasteiger partial charge >= 0.3 is 12.1 Å². The van der Waals surface area contributed by atoms with Crippen molar-refractivity contribution in [1.29, 1.82) is 0 Å². The molecule has 2 aromatic carbocycles. The summed E-state index contributed by atoms with van der Waals surface area (Å²) in [6.07, 6.45) is 0.906. The van der Waals surface area contributed by atoms with Crippen LogP contribution in [0.2, 0.25) is 0 Å². The molecule has 10 heteroatoms. The van der Waals surface area contributed by atoms with Gasteiger partial charge in [0.25, 0.3) is 5.69 Å². The van der Waals surface area contributed by atoms with Crippen LogP contribution in [0.15, 0.2) is 60.8 Å². The lowest BCUT2D eigenvalue weighted by atomic mass is 10.1. The van der Waals surface area contributed by atoms with Crippen LogP contribution < -0.4 is 10.1 Å². The molecule has 1 atom stereocenters. The van der Waals surface area contributed by atoms with Crippen molar-refractivity contribution >= 4 is 28.7 Å². The van der Waals surface area contributed by atoms with Crippen LogP contribution in [0.25, 0.3) is 10.9 Å². The molecule has 0 aliphatic rings. The molecular weight excluding hydrogens is 442 g/mol. The van der Waals surface area contributed by atoms with Crippen molar-refractivity contribution < 1.29 is 28.7 Å². The summed E-state index contributed by atoms with van der Waals surface area (Å²) in [7, 11) is 0. The number of carbonyl (C=O) groups excluding carboxylic acids is 2. The first-order valence-corrected chi connectivity index (χ1v) is 10.5. The highest BCUT2D eigenvalue weighted by molar-refractivity contribution is 5.92. The number of hydrogen-bond donors (Lipinski definition) is 1. The fourth-order valence-electron chi connectivity index (χ4n) is 3.15. The van der Waals surface area contributed by atoms with E-state index in [9.17, 15) is 19.7 Å². The van der Waals surface area contributed by atoms with Crippen molar-refractivity contribution in [2.75, 3.05) is 6.79 Å². The monoisotopic (exact) mass is 467 g/mol. The van der Waals surface area contributed by atoms with E-state index in [0.29, 0.717) is 5.39 Å². The lowest BCUT2D eigenvalue weighted by Crippen LogP contribution is -2.45. The number of rotatable bonds is 8. The zero-order valence-corrected chi connectivity index (χ0v) is 19.0. The van der Waals surface area contributed by atoms with Gasteiger partial charge in [-0.3, -0.25) is 15.1 Å². The highest BCUT2D eigenvalue weighted by Crippen LogP contribution is 2.31. The van der Waals surface area contributed by atoms with Crippen LogP contribution in [0.5, 0.6) is 5.75 Å². The fraction of sp³-hybridized carbons (Fsp3) is 0.292. The van der Waals surface area contributed by atoms with E-state index in [-0.39, 0.29) is 23.4 Å². The van der Waals surface area contributed by atoms with E-state index >= 15 is 0 Å². The Morgan fingerprint density at radius 3 is 2.50 bits per heavy atom. The number of amides is 1. The van der Waals surface area contributed by atoms with Crippen molar-refractivity contribution in [3.8, 4) is 5.75 Å². The van der Waals surface area contributed by atoms with Gasteiger partial charge < -0.3 is 19.5 Å². The van der Waals surface area contributed by atoms with E-state index in [1.54, 1.807) is 32.9 Å². The normalized spacial score (nSPS) is 12.0. The Kier molecular flexibility index (Phi) is 7.62. The molecule has 1 amide bonds. The minimum Gasteiger partial charge on any atom is -0.455 e. The van der Waals surface area contributed by atoms with Crippen LogP contribution in [0.4, 0.5) is 10.5 Å². The Balaban J connectivity index is 1.70. The molecule has 1 aromatic heterocycles. The lowest BCUT2D eigenvalue weighted by molar-refractivity contribution is -0.383. The number of ether oxygens (including phenoxy) is 3. The van der Waals surface area contributed by atoms with Crippen LogP contribution >= 0.6 is 0 Å². The number of nitrogens with one attached hydrogen (secondary N) is 1. The predicted octanol–water partition coefficient (Wildman–Crippen LogP) is 4.16. The van der Waals surface area contributed by atoms with Crippen molar-refractivity contribution in [3.05, 3.63) is 76.5 Å². The summed E-state index contributed by atoms with van der Waals surface area (Å²) in [5.41, 5.74) is 0.225. The van der Waals surface area contributed by atoms with Gasteiger partial charge in [-0.05, 0) is 44.5 Å². The number of esters is 1. The Morgan fingerprint density at radius 1 is 1.09 bits per heavy atom. The molecule has 178 valence electrons. The molecule has 0 spiro atoms. The van der Waals surface area contributed by atoms with Gasteiger partial charge in [0, 0.05) is 18.7 Å². The summed E-state index contributed by atoms with van der Waals surface area (Å²) in [5, 5.41) is 14.1. The highest BCUT2D eigenvalue weighted by atomic mass is 16.7. The fourth-order valence-corrected chi connectivity index (χ4v) is 3.15. The lowest BCUT2D eigenvalue weighted by Gasteiger charge is -2.23. The summed E-state index contributed by atoms with van der Waals surface area (Å²) >= 11 is 0. The molecule has 3 rings (SSSR count). The topological polar surface area (TPSA) is 130 Å². The maximum atomic E-state index is 12.8. The second kappa shape index (κ2) is 10.6. The average molecular weight is 467 g/mol. The van der Waals surface area contributed by atoms with Gasteiger partial charge in [0.2, 0.25) is 6.79 Å². The Labute approximate surface area is 196 Å². The summed E-state index contributed by atoms with van der Waals surface area (Å²) < 4.78 is 16.0. The quantitative estimate of drug-likeness (QED) is 0.226. The van der Waals surface area contributed by atoms with Gasteiger partial charge in [-0.25, -0.2) is 9.59 Å². The highest BCUT2D eigenvalue weighted by Gasteiger charge is 2.26. The molecule has 0 unspecified atom stereocenters. The number of benzene rings is 2. The molecule has 0 saturated carbocycles. The largest absolute Gasteiger partial charge is 0.455 e. The standard InChI is InChI=1S/C24H25N3O7/c1-24(2,3)34-23(29)26-18(14-16-8-5-4-6-9-16)22(28)33-15-32-20-12-11-19(27(30)31)17-10-7-13-25-21(17)20/h4-13,18H,14-15H2,1-3H3,(H,26,29)/t18-/m0/s1. The van der Waals surface area contributed by atoms with Crippen molar-refractivity contribution in [2.24, 2.45) is 0 Å². The van der Waals surface area contributed by atoms with E-state index in [1.807, 2.05) is 30.3 Å². The van der Waals surface area contributed by atoms with E-state index in [0.717, 1.165) is 5.56 Å². The Hall–Kier alpha value is -4.21. The maximum Gasteiger partial charge on any atom is 0.408 e. The first-order valence-electron chi connectivity index (χ1n) is 10.5. The molecule has 10 nitrogen and oxygen atoms in total.